The zero-order chi connectivity index (χ0) is 14.7. The van der Waals surface area contributed by atoms with Crippen molar-refractivity contribution in [2.45, 2.75) is 31.7 Å². The molecule has 1 saturated carbocycles. The van der Waals surface area contributed by atoms with Gasteiger partial charge in [0, 0.05) is 12.8 Å². The third kappa shape index (κ3) is 3.88. The van der Waals surface area contributed by atoms with Crippen LogP contribution < -0.4 is 5.32 Å². The molecule has 1 atom stereocenters. The summed E-state index contributed by atoms with van der Waals surface area (Å²) in [5.74, 6) is -1.57. The fourth-order valence-electron chi connectivity index (χ4n) is 1.97. The molecule has 1 fully saturated rings. The van der Waals surface area contributed by atoms with Gasteiger partial charge in [0.1, 0.15) is 6.04 Å². The van der Waals surface area contributed by atoms with Crippen LogP contribution in [0.1, 0.15) is 24.8 Å². The van der Waals surface area contributed by atoms with Gasteiger partial charge >= 0.3 is 5.97 Å². The van der Waals surface area contributed by atoms with Crippen LogP contribution in [0.5, 0.6) is 11.5 Å². The zero-order valence-electron chi connectivity index (χ0n) is 10.9. The molecule has 1 aromatic rings. The summed E-state index contributed by atoms with van der Waals surface area (Å²) in [7, 11) is 0. The van der Waals surface area contributed by atoms with E-state index in [2.05, 4.69) is 5.32 Å². The number of aliphatic carboxylic acids is 1. The summed E-state index contributed by atoms with van der Waals surface area (Å²) in [5.41, 5.74) is 0.527. The number of carbonyl (C=O) groups is 2. The number of phenols is 2. The van der Waals surface area contributed by atoms with Crippen LogP contribution in [0.3, 0.4) is 0 Å². The van der Waals surface area contributed by atoms with Gasteiger partial charge in [0.15, 0.2) is 11.5 Å². The highest BCUT2D eigenvalue weighted by Crippen LogP contribution is 2.32. The van der Waals surface area contributed by atoms with E-state index in [1.165, 1.54) is 18.2 Å². The van der Waals surface area contributed by atoms with Crippen molar-refractivity contribution in [3.8, 4) is 11.5 Å². The van der Waals surface area contributed by atoms with Crippen molar-refractivity contribution in [2.75, 3.05) is 0 Å². The van der Waals surface area contributed by atoms with Crippen LogP contribution in [-0.2, 0) is 16.0 Å². The minimum Gasteiger partial charge on any atom is -0.504 e. The number of amides is 1. The average Bonchev–Trinajstić information content (AvgIpc) is 3.16. The van der Waals surface area contributed by atoms with Crippen LogP contribution in [-0.4, -0.2) is 33.2 Å². The van der Waals surface area contributed by atoms with E-state index < -0.39 is 12.0 Å². The van der Waals surface area contributed by atoms with Crippen LogP contribution in [0.25, 0.3) is 0 Å². The van der Waals surface area contributed by atoms with Gasteiger partial charge in [-0.3, -0.25) is 4.79 Å². The molecule has 0 radical (unpaired) electrons. The highest BCUT2D eigenvalue weighted by atomic mass is 16.4. The minimum absolute atomic E-state index is 0.0551. The molecule has 1 aromatic carbocycles. The molecule has 0 spiro atoms. The first-order chi connectivity index (χ1) is 9.45. The molecule has 2 rings (SSSR count). The monoisotopic (exact) mass is 279 g/mol. The smallest absolute Gasteiger partial charge is 0.326 e. The second-order valence-electron chi connectivity index (χ2n) is 5.13. The molecule has 20 heavy (non-hydrogen) atoms. The second kappa shape index (κ2) is 5.81. The Morgan fingerprint density at radius 3 is 2.50 bits per heavy atom. The molecule has 4 N–H and O–H groups in total. The lowest BCUT2D eigenvalue weighted by molar-refractivity contribution is -0.141. The number of nitrogens with one attached hydrogen (secondary N) is 1. The van der Waals surface area contributed by atoms with E-state index in [9.17, 15) is 19.8 Å². The lowest BCUT2D eigenvalue weighted by atomic mass is 10.0. The predicted octanol–water partition coefficient (Wildman–Crippen LogP) is 1.01. The van der Waals surface area contributed by atoms with Gasteiger partial charge < -0.3 is 20.6 Å². The van der Waals surface area contributed by atoms with Gasteiger partial charge in [-0.05, 0) is 36.5 Å². The maximum atomic E-state index is 11.7. The van der Waals surface area contributed by atoms with Crippen molar-refractivity contribution in [2.24, 2.45) is 5.92 Å². The molecular weight excluding hydrogens is 262 g/mol. The van der Waals surface area contributed by atoms with E-state index in [-0.39, 0.29) is 23.8 Å². The number of benzene rings is 1. The maximum absolute atomic E-state index is 11.7. The highest BCUT2D eigenvalue weighted by molar-refractivity contribution is 5.84. The quantitative estimate of drug-likeness (QED) is 0.581. The number of rotatable bonds is 6. The van der Waals surface area contributed by atoms with Crippen LogP contribution in [0.15, 0.2) is 18.2 Å². The molecule has 1 amide bonds. The topological polar surface area (TPSA) is 107 Å². The number of hydrogen-bond acceptors (Lipinski definition) is 4. The molecule has 6 heteroatoms. The Balaban J connectivity index is 1.98. The van der Waals surface area contributed by atoms with Gasteiger partial charge in [-0.25, -0.2) is 4.79 Å². The summed E-state index contributed by atoms with van der Waals surface area (Å²) in [6.07, 6.45) is 2.47. The summed E-state index contributed by atoms with van der Waals surface area (Å²) in [6, 6.07) is 3.05. The van der Waals surface area contributed by atoms with Crippen molar-refractivity contribution < 1.29 is 24.9 Å². The summed E-state index contributed by atoms with van der Waals surface area (Å²) in [6.45, 7) is 0. The van der Waals surface area contributed by atoms with Gasteiger partial charge in [0.2, 0.25) is 5.91 Å². The first-order valence-corrected chi connectivity index (χ1v) is 6.48. The number of aromatic hydroxyl groups is 2. The predicted molar refractivity (Wildman–Crippen MR) is 70.4 cm³/mol. The Hall–Kier alpha value is -2.24. The van der Waals surface area contributed by atoms with Crippen LogP contribution in [0.4, 0.5) is 0 Å². The van der Waals surface area contributed by atoms with Gasteiger partial charge in [-0.2, -0.15) is 0 Å². The summed E-state index contributed by atoms with van der Waals surface area (Å²) >= 11 is 0. The lowest BCUT2D eigenvalue weighted by Crippen LogP contribution is -2.42. The normalized spacial score (nSPS) is 15.6. The Labute approximate surface area is 116 Å². The van der Waals surface area contributed by atoms with E-state index in [1.54, 1.807) is 0 Å². The Morgan fingerprint density at radius 2 is 1.95 bits per heavy atom. The molecule has 1 aliphatic carbocycles. The van der Waals surface area contributed by atoms with E-state index in [0.29, 0.717) is 17.9 Å². The van der Waals surface area contributed by atoms with Gasteiger partial charge in [0.25, 0.3) is 0 Å². The van der Waals surface area contributed by atoms with E-state index in [0.717, 1.165) is 12.8 Å². The lowest BCUT2D eigenvalue weighted by Gasteiger charge is -2.15. The van der Waals surface area contributed by atoms with E-state index in [4.69, 9.17) is 5.11 Å². The molecule has 0 aliphatic heterocycles. The Morgan fingerprint density at radius 1 is 1.25 bits per heavy atom. The van der Waals surface area contributed by atoms with Crippen molar-refractivity contribution in [1.29, 1.82) is 0 Å². The van der Waals surface area contributed by atoms with Crippen molar-refractivity contribution in [3.63, 3.8) is 0 Å². The molecule has 6 nitrogen and oxygen atoms in total. The standard InChI is InChI=1S/C14H17NO5/c16-11-4-3-9(6-12(11)17)5-10(14(19)20)15-13(18)7-8-1-2-8/h3-4,6,8,10,16-17H,1-2,5,7H2,(H,15,18)(H,19,20)/t10-/m0/s1. The van der Waals surface area contributed by atoms with E-state index >= 15 is 0 Å². The summed E-state index contributed by atoms with van der Waals surface area (Å²) < 4.78 is 0. The average molecular weight is 279 g/mol. The fourth-order valence-corrected chi connectivity index (χ4v) is 1.97. The number of carboxylic acid groups (broad SMARTS) is 1. The molecule has 0 bridgehead atoms. The molecule has 0 aromatic heterocycles. The Kier molecular flexibility index (Phi) is 4.12. The van der Waals surface area contributed by atoms with Gasteiger partial charge in [-0.1, -0.05) is 6.07 Å². The second-order valence-corrected chi connectivity index (χ2v) is 5.13. The first-order valence-electron chi connectivity index (χ1n) is 6.48. The van der Waals surface area contributed by atoms with E-state index in [1.807, 2.05) is 0 Å². The third-order valence-electron chi connectivity index (χ3n) is 3.28. The molecule has 1 aliphatic rings. The number of phenolic OH excluding ortho intramolecular Hbond substituents is 2. The number of carbonyl (C=O) groups excluding carboxylic acids is 1. The van der Waals surface area contributed by atoms with Crippen molar-refractivity contribution in [3.05, 3.63) is 23.8 Å². The van der Waals surface area contributed by atoms with Crippen LogP contribution in [0.2, 0.25) is 0 Å². The fraction of sp³-hybridized carbons (Fsp3) is 0.429. The summed E-state index contributed by atoms with van der Waals surface area (Å²) in [5, 5.41) is 30.2. The summed E-state index contributed by atoms with van der Waals surface area (Å²) in [4.78, 5) is 22.8. The third-order valence-corrected chi connectivity index (χ3v) is 3.28. The van der Waals surface area contributed by atoms with Gasteiger partial charge in [0.05, 0.1) is 0 Å². The Bertz CT molecular complexity index is 524. The maximum Gasteiger partial charge on any atom is 0.326 e. The van der Waals surface area contributed by atoms with Crippen molar-refractivity contribution in [1.82, 2.24) is 5.32 Å². The largest absolute Gasteiger partial charge is 0.504 e. The molecule has 108 valence electrons. The van der Waals surface area contributed by atoms with Crippen molar-refractivity contribution >= 4 is 11.9 Å². The highest BCUT2D eigenvalue weighted by Gasteiger charge is 2.27. The number of hydrogen-bond donors (Lipinski definition) is 4. The zero-order valence-corrected chi connectivity index (χ0v) is 10.9. The molecule has 0 saturated heterocycles. The number of carboxylic acids is 1. The minimum atomic E-state index is -1.12. The SMILES string of the molecule is O=C(CC1CC1)N[C@@H](Cc1ccc(O)c(O)c1)C(=O)O. The first kappa shape index (κ1) is 14.2. The molecule has 0 heterocycles. The van der Waals surface area contributed by atoms with Crippen LogP contribution >= 0.6 is 0 Å². The molecule has 0 unspecified atom stereocenters. The molecular formula is C14H17NO5. The van der Waals surface area contributed by atoms with Gasteiger partial charge in [-0.15, -0.1) is 0 Å². The van der Waals surface area contributed by atoms with Crippen LogP contribution in [0, 0.1) is 5.92 Å².